The van der Waals surface area contributed by atoms with Gasteiger partial charge in [0.05, 0.1) is 5.69 Å². The fourth-order valence-corrected chi connectivity index (χ4v) is 7.15. The highest BCUT2D eigenvalue weighted by Crippen LogP contribution is 2.49. The third kappa shape index (κ3) is 3.58. The summed E-state index contributed by atoms with van der Waals surface area (Å²) in [6, 6.07) is 59.7. The maximum atomic E-state index is 2.42. The van der Waals surface area contributed by atoms with E-state index in [1.165, 1.54) is 70.7 Å². The van der Waals surface area contributed by atoms with Crippen LogP contribution in [0.3, 0.4) is 0 Å². The molecule has 200 valence electrons. The number of anilines is 3. The molecule has 0 atom stereocenters. The van der Waals surface area contributed by atoms with Crippen molar-refractivity contribution in [3.8, 4) is 11.1 Å². The van der Waals surface area contributed by atoms with Gasteiger partial charge in [0.2, 0.25) is 0 Å². The molecule has 0 aliphatic rings. The smallest absolute Gasteiger partial charge is 0.0618 e. The summed E-state index contributed by atoms with van der Waals surface area (Å²) in [5.74, 6) is 0. The second-order valence-corrected chi connectivity index (χ2v) is 11.3. The van der Waals surface area contributed by atoms with Gasteiger partial charge in [-0.1, -0.05) is 140 Å². The zero-order chi connectivity index (χ0) is 28.3. The Morgan fingerprint density at radius 1 is 0.302 bits per heavy atom. The van der Waals surface area contributed by atoms with Crippen LogP contribution in [0.2, 0.25) is 0 Å². The van der Waals surface area contributed by atoms with Crippen LogP contribution in [0.15, 0.2) is 164 Å². The van der Waals surface area contributed by atoms with Crippen LogP contribution in [0.25, 0.3) is 65.0 Å². The van der Waals surface area contributed by atoms with E-state index in [1.807, 2.05) is 0 Å². The number of fused-ring (bicyclic) bond motifs is 2. The summed E-state index contributed by atoms with van der Waals surface area (Å²) < 4.78 is 0. The summed E-state index contributed by atoms with van der Waals surface area (Å²) in [7, 11) is 0. The number of nitrogens with zero attached hydrogens (tertiary/aromatic N) is 1. The molecule has 9 rings (SSSR count). The van der Waals surface area contributed by atoms with E-state index >= 15 is 0 Å². The zero-order valence-electron chi connectivity index (χ0n) is 23.5. The second kappa shape index (κ2) is 9.44. The predicted molar refractivity (Wildman–Crippen MR) is 185 cm³/mol. The van der Waals surface area contributed by atoms with Crippen molar-refractivity contribution >= 4 is 70.9 Å². The minimum atomic E-state index is 1.14. The standard InChI is InChI=1S/C42H27N/c1-3-14-31(15-4-1)43(32-16-5-2-6-17-32)42-37-20-9-7-18-33(37)41(34-19-8-10-21-38(34)42)36-27-25-30-23-22-28-12-11-13-29-24-26-35(36)40(30)39(28)29/h1-27H. The van der Waals surface area contributed by atoms with Crippen molar-refractivity contribution in [2.75, 3.05) is 4.90 Å². The van der Waals surface area contributed by atoms with Gasteiger partial charge in [-0.05, 0) is 78.5 Å². The molecule has 43 heavy (non-hydrogen) atoms. The van der Waals surface area contributed by atoms with E-state index in [0.717, 1.165) is 11.4 Å². The highest BCUT2D eigenvalue weighted by atomic mass is 15.1. The monoisotopic (exact) mass is 545 g/mol. The number of hydrogen-bond donors (Lipinski definition) is 0. The van der Waals surface area contributed by atoms with Crippen molar-refractivity contribution in [3.63, 3.8) is 0 Å². The summed E-state index contributed by atoms with van der Waals surface area (Å²) in [5.41, 5.74) is 6.04. The molecule has 0 heterocycles. The van der Waals surface area contributed by atoms with Crippen LogP contribution in [-0.2, 0) is 0 Å². The summed E-state index contributed by atoms with van der Waals surface area (Å²) in [6.45, 7) is 0. The summed E-state index contributed by atoms with van der Waals surface area (Å²) >= 11 is 0. The van der Waals surface area contributed by atoms with Gasteiger partial charge < -0.3 is 4.90 Å². The van der Waals surface area contributed by atoms with E-state index in [0.29, 0.717) is 0 Å². The molecular formula is C42H27N. The first-order valence-electron chi connectivity index (χ1n) is 14.9. The predicted octanol–water partition coefficient (Wildman–Crippen LogP) is 12.0. The van der Waals surface area contributed by atoms with Gasteiger partial charge >= 0.3 is 0 Å². The Balaban J connectivity index is 1.44. The number of para-hydroxylation sites is 2. The minimum absolute atomic E-state index is 1.14. The maximum absolute atomic E-state index is 2.42. The van der Waals surface area contributed by atoms with Crippen molar-refractivity contribution in [2.24, 2.45) is 0 Å². The van der Waals surface area contributed by atoms with Crippen LogP contribution >= 0.6 is 0 Å². The van der Waals surface area contributed by atoms with Crippen LogP contribution in [0.1, 0.15) is 0 Å². The van der Waals surface area contributed by atoms with Gasteiger partial charge in [-0.25, -0.2) is 0 Å². The zero-order valence-corrected chi connectivity index (χ0v) is 23.5. The Morgan fingerprint density at radius 3 is 1.35 bits per heavy atom. The lowest BCUT2D eigenvalue weighted by Gasteiger charge is -2.29. The Kier molecular flexibility index (Phi) is 5.27. The minimum Gasteiger partial charge on any atom is -0.309 e. The van der Waals surface area contributed by atoms with Gasteiger partial charge in [-0.15, -0.1) is 0 Å². The topological polar surface area (TPSA) is 3.24 Å². The van der Waals surface area contributed by atoms with Gasteiger partial charge in [0, 0.05) is 22.1 Å². The van der Waals surface area contributed by atoms with Gasteiger partial charge in [-0.3, -0.25) is 0 Å². The lowest BCUT2D eigenvalue weighted by Crippen LogP contribution is -2.11. The molecule has 9 aromatic carbocycles. The van der Waals surface area contributed by atoms with E-state index in [1.54, 1.807) is 0 Å². The quantitative estimate of drug-likeness (QED) is 0.157. The molecular weight excluding hydrogens is 518 g/mol. The highest BCUT2D eigenvalue weighted by Gasteiger charge is 2.23. The van der Waals surface area contributed by atoms with Crippen LogP contribution in [-0.4, -0.2) is 0 Å². The average Bonchev–Trinajstić information content (AvgIpc) is 3.08. The lowest BCUT2D eigenvalue weighted by atomic mass is 9.85. The largest absolute Gasteiger partial charge is 0.309 e. The number of benzene rings is 9. The lowest BCUT2D eigenvalue weighted by molar-refractivity contribution is 1.31. The molecule has 0 aromatic heterocycles. The third-order valence-electron chi connectivity index (χ3n) is 8.95. The normalized spacial score (nSPS) is 11.7. The van der Waals surface area contributed by atoms with E-state index in [2.05, 4.69) is 169 Å². The van der Waals surface area contributed by atoms with E-state index < -0.39 is 0 Å². The molecule has 0 amide bonds. The SMILES string of the molecule is c1ccc(N(c2ccccc2)c2c3ccccc3c(-c3ccc4ccc5cccc6ccc3c4c56)c3ccccc23)cc1. The van der Waals surface area contributed by atoms with Crippen molar-refractivity contribution < 1.29 is 0 Å². The Hall–Kier alpha value is -5.66. The molecule has 0 spiro atoms. The van der Waals surface area contributed by atoms with E-state index in [9.17, 15) is 0 Å². The van der Waals surface area contributed by atoms with Crippen molar-refractivity contribution in [1.29, 1.82) is 0 Å². The molecule has 1 nitrogen and oxygen atoms in total. The van der Waals surface area contributed by atoms with E-state index in [4.69, 9.17) is 0 Å². The van der Waals surface area contributed by atoms with Gasteiger partial charge in [0.1, 0.15) is 0 Å². The van der Waals surface area contributed by atoms with Crippen LogP contribution in [0.5, 0.6) is 0 Å². The maximum Gasteiger partial charge on any atom is 0.0618 e. The first kappa shape index (κ1) is 24.0. The second-order valence-electron chi connectivity index (χ2n) is 11.3. The fourth-order valence-electron chi connectivity index (χ4n) is 7.15. The molecule has 9 aromatic rings. The van der Waals surface area contributed by atoms with Crippen LogP contribution in [0, 0.1) is 0 Å². The van der Waals surface area contributed by atoms with Crippen LogP contribution < -0.4 is 4.90 Å². The molecule has 0 aliphatic heterocycles. The molecule has 0 unspecified atom stereocenters. The summed E-state index contributed by atoms with van der Waals surface area (Å²) in [4.78, 5) is 2.42. The van der Waals surface area contributed by atoms with Gasteiger partial charge in [-0.2, -0.15) is 0 Å². The fraction of sp³-hybridized carbons (Fsp3) is 0. The molecule has 0 radical (unpaired) electrons. The third-order valence-corrected chi connectivity index (χ3v) is 8.95. The van der Waals surface area contributed by atoms with Gasteiger partial charge in [0.15, 0.2) is 0 Å². The molecule has 0 bridgehead atoms. The average molecular weight is 546 g/mol. The first-order valence-corrected chi connectivity index (χ1v) is 14.9. The van der Waals surface area contributed by atoms with Gasteiger partial charge in [0.25, 0.3) is 0 Å². The summed E-state index contributed by atoms with van der Waals surface area (Å²) in [6.07, 6.45) is 0. The molecule has 1 heteroatoms. The first-order chi connectivity index (χ1) is 21.4. The number of hydrogen-bond acceptors (Lipinski definition) is 1. The molecule has 0 saturated heterocycles. The molecule has 0 N–H and O–H groups in total. The summed E-state index contributed by atoms with van der Waals surface area (Å²) in [5, 5.41) is 12.8. The molecule has 0 saturated carbocycles. The van der Waals surface area contributed by atoms with Crippen LogP contribution in [0.4, 0.5) is 17.1 Å². The Labute approximate surface area is 250 Å². The molecule has 0 fully saturated rings. The van der Waals surface area contributed by atoms with Crippen molar-refractivity contribution in [2.45, 2.75) is 0 Å². The Bertz CT molecular complexity index is 2330. The van der Waals surface area contributed by atoms with Crippen molar-refractivity contribution in [3.05, 3.63) is 164 Å². The van der Waals surface area contributed by atoms with E-state index in [-0.39, 0.29) is 0 Å². The van der Waals surface area contributed by atoms with Crippen molar-refractivity contribution in [1.82, 2.24) is 0 Å². The molecule has 0 aliphatic carbocycles. The highest BCUT2D eigenvalue weighted by molar-refractivity contribution is 6.29. The number of rotatable bonds is 4. The Morgan fingerprint density at radius 2 is 0.767 bits per heavy atom.